The second kappa shape index (κ2) is 6.60. The number of amides is 3. The van der Waals surface area contributed by atoms with Crippen LogP contribution in [0.25, 0.3) is 0 Å². The second-order valence-electron chi connectivity index (χ2n) is 8.75. The number of halogens is 1. The lowest BCUT2D eigenvalue weighted by atomic mass is 9.87. The van der Waals surface area contributed by atoms with Crippen molar-refractivity contribution in [2.45, 2.75) is 62.4 Å². The molecule has 2 saturated heterocycles. The fourth-order valence-corrected chi connectivity index (χ4v) is 5.43. The molecule has 29 heavy (non-hydrogen) atoms. The monoisotopic (exact) mass is 400 g/mol. The van der Waals surface area contributed by atoms with E-state index in [0.717, 1.165) is 24.0 Å². The van der Waals surface area contributed by atoms with Crippen LogP contribution in [-0.4, -0.2) is 53.0 Å². The molecule has 0 bridgehead atoms. The summed E-state index contributed by atoms with van der Waals surface area (Å²) in [6.45, 7) is 1.93. The number of hydrogen-bond acceptors (Lipinski definition) is 5. The van der Waals surface area contributed by atoms with Crippen molar-refractivity contribution in [1.82, 2.24) is 20.9 Å². The third-order valence-corrected chi connectivity index (χ3v) is 7.09. The first kappa shape index (κ1) is 18.7. The SMILES string of the molecule is O=C1CCC(N2Cc3cc(CN[C@@]45CCC[C@]4(F)CNC5)ccc3C2=O)C(=O)N1. The molecule has 5 rings (SSSR count). The van der Waals surface area contributed by atoms with Crippen LogP contribution in [0.15, 0.2) is 18.2 Å². The van der Waals surface area contributed by atoms with E-state index in [1.165, 1.54) is 0 Å². The van der Waals surface area contributed by atoms with Crippen LogP contribution < -0.4 is 16.0 Å². The number of nitrogens with zero attached hydrogens (tertiary/aromatic N) is 1. The molecule has 1 unspecified atom stereocenters. The van der Waals surface area contributed by atoms with Gasteiger partial charge in [0, 0.05) is 38.2 Å². The molecule has 7 nitrogen and oxygen atoms in total. The molecule has 8 heteroatoms. The number of benzene rings is 1. The highest BCUT2D eigenvalue weighted by atomic mass is 19.1. The lowest BCUT2D eigenvalue weighted by Crippen LogP contribution is -2.56. The van der Waals surface area contributed by atoms with Crippen molar-refractivity contribution in [3.63, 3.8) is 0 Å². The number of nitrogens with one attached hydrogen (secondary N) is 3. The van der Waals surface area contributed by atoms with Gasteiger partial charge in [0.05, 0.1) is 5.54 Å². The first-order valence-corrected chi connectivity index (χ1v) is 10.3. The first-order chi connectivity index (χ1) is 13.9. The van der Waals surface area contributed by atoms with Crippen LogP contribution in [0, 0.1) is 0 Å². The molecule has 3 atom stereocenters. The van der Waals surface area contributed by atoms with Gasteiger partial charge in [-0.1, -0.05) is 12.1 Å². The average Bonchev–Trinajstić information content (AvgIpc) is 3.28. The molecule has 3 amide bonds. The Labute approximate surface area is 168 Å². The fourth-order valence-electron chi connectivity index (χ4n) is 5.43. The van der Waals surface area contributed by atoms with Crippen molar-refractivity contribution < 1.29 is 18.8 Å². The summed E-state index contributed by atoms with van der Waals surface area (Å²) in [5, 5.41) is 8.97. The van der Waals surface area contributed by atoms with E-state index in [4.69, 9.17) is 0 Å². The van der Waals surface area contributed by atoms with E-state index in [0.29, 0.717) is 44.6 Å². The second-order valence-corrected chi connectivity index (χ2v) is 8.75. The molecule has 4 aliphatic rings. The van der Waals surface area contributed by atoms with Crippen molar-refractivity contribution in [3.8, 4) is 0 Å². The Balaban J connectivity index is 1.30. The lowest BCUT2D eigenvalue weighted by molar-refractivity contribution is -0.136. The summed E-state index contributed by atoms with van der Waals surface area (Å²) >= 11 is 0. The summed E-state index contributed by atoms with van der Waals surface area (Å²) in [6, 6.07) is 5.05. The standard InChI is InChI=1S/C21H25FN4O3/c22-20-6-1-7-21(20,12-23-11-20)24-9-13-2-3-15-14(8-13)10-26(19(15)29)16-4-5-17(27)25-18(16)28/h2-3,8,16,23-24H,1,4-7,9-12H2,(H,25,27,28)/t16?,20-,21+/m0/s1. The third-order valence-electron chi connectivity index (χ3n) is 7.09. The van der Waals surface area contributed by atoms with Gasteiger partial charge < -0.3 is 15.5 Å². The summed E-state index contributed by atoms with van der Waals surface area (Å²) in [4.78, 5) is 37.9. The molecule has 1 saturated carbocycles. The molecule has 1 aliphatic carbocycles. The van der Waals surface area contributed by atoms with Gasteiger partial charge in [-0.2, -0.15) is 0 Å². The number of carbonyl (C=O) groups excluding carboxylic acids is 3. The average molecular weight is 400 g/mol. The minimum absolute atomic E-state index is 0.175. The van der Waals surface area contributed by atoms with Gasteiger partial charge in [-0.3, -0.25) is 19.7 Å². The van der Waals surface area contributed by atoms with E-state index in [9.17, 15) is 14.4 Å². The number of carbonyl (C=O) groups is 3. The molecule has 0 aromatic heterocycles. The quantitative estimate of drug-likeness (QED) is 0.650. The van der Waals surface area contributed by atoms with E-state index >= 15 is 4.39 Å². The predicted molar refractivity (Wildman–Crippen MR) is 103 cm³/mol. The third kappa shape index (κ3) is 2.88. The Morgan fingerprint density at radius 2 is 2.07 bits per heavy atom. The van der Waals surface area contributed by atoms with Crippen LogP contribution in [0.3, 0.4) is 0 Å². The Morgan fingerprint density at radius 1 is 1.21 bits per heavy atom. The number of fused-ring (bicyclic) bond motifs is 2. The van der Waals surface area contributed by atoms with E-state index in [1.54, 1.807) is 11.0 Å². The lowest BCUT2D eigenvalue weighted by Gasteiger charge is -2.34. The largest absolute Gasteiger partial charge is 0.322 e. The van der Waals surface area contributed by atoms with Crippen molar-refractivity contribution in [2.24, 2.45) is 0 Å². The maximum Gasteiger partial charge on any atom is 0.255 e. The number of piperidine rings is 1. The normalized spacial score (nSPS) is 33.8. The summed E-state index contributed by atoms with van der Waals surface area (Å²) in [5.41, 5.74) is 0.763. The summed E-state index contributed by atoms with van der Waals surface area (Å²) in [5.74, 6) is -0.871. The smallest absolute Gasteiger partial charge is 0.255 e. The topological polar surface area (TPSA) is 90.5 Å². The Hall–Kier alpha value is -2.32. The van der Waals surface area contributed by atoms with Gasteiger partial charge in [-0.15, -0.1) is 0 Å². The van der Waals surface area contributed by atoms with Gasteiger partial charge in [-0.05, 0) is 42.9 Å². The van der Waals surface area contributed by atoms with E-state index in [-0.39, 0.29) is 18.2 Å². The van der Waals surface area contributed by atoms with Crippen LogP contribution >= 0.6 is 0 Å². The maximum absolute atomic E-state index is 15.2. The molecule has 3 N–H and O–H groups in total. The maximum atomic E-state index is 15.2. The van der Waals surface area contributed by atoms with Crippen LogP contribution in [0.1, 0.15) is 53.6 Å². The van der Waals surface area contributed by atoms with Crippen molar-refractivity contribution in [2.75, 3.05) is 13.1 Å². The molecular formula is C21H25FN4O3. The molecule has 1 aromatic rings. The summed E-state index contributed by atoms with van der Waals surface area (Å²) < 4.78 is 15.2. The number of alkyl halides is 1. The molecule has 1 aromatic carbocycles. The first-order valence-electron chi connectivity index (χ1n) is 10.3. The number of rotatable bonds is 4. The van der Waals surface area contributed by atoms with E-state index in [1.807, 2.05) is 12.1 Å². The van der Waals surface area contributed by atoms with E-state index < -0.39 is 23.2 Å². The zero-order valence-corrected chi connectivity index (χ0v) is 16.2. The molecule has 0 spiro atoms. The highest BCUT2D eigenvalue weighted by Gasteiger charge is 2.58. The van der Waals surface area contributed by atoms with Crippen LogP contribution in [0.2, 0.25) is 0 Å². The fraction of sp³-hybridized carbons (Fsp3) is 0.571. The molecule has 3 fully saturated rings. The minimum Gasteiger partial charge on any atom is -0.322 e. The van der Waals surface area contributed by atoms with Crippen molar-refractivity contribution >= 4 is 17.7 Å². The zero-order valence-electron chi connectivity index (χ0n) is 16.2. The summed E-state index contributed by atoms with van der Waals surface area (Å²) in [7, 11) is 0. The van der Waals surface area contributed by atoms with Gasteiger partial charge >= 0.3 is 0 Å². The van der Waals surface area contributed by atoms with Crippen molar-refractivity contribution in [3.05, 3.63) is 34.9 Å². The number of imide groups is 1. The highest BCUT2D eigenvalue weighted by molar-refractivity contribution is 6.05. The molecule has 0 radical (unpaired) electrons. The van der Waals surface area contributed by atoms with Crippen LogP contribution in [0.5, 0.6) is 0 Å². The van der Waals surface area contributed by atoms with E-state index in [2.05, 4.69) is 16.0 Å². The molecule has 3 aliphatic heterocycles. The highest BCUT2D eigenvalue weighted by Crippen LogP contribution is 2.45. The van der Waals surface area contributed by atoms with Gasteiger partial charge in [0.1, 0.15) is 11.7 Å². The molecule has 154 valence electrons. The van der Waals surface area contributed by atoms with Gasteiger partial charge in [0.25, 0.3) is 5.91 Å². The Kier molecular flexibility index (Phi) is 4.25. The van der Waals surface area contributed by atoms with Crippen LogP contribution in [0.4, 0.5) is 4.39 Å². The van der Waals surface area contributed by atoms with Crippen LogP contribution in [-0.2, 0) is 22.7 Å². The molecular weight excluding hydrogens is 375 g/mol. The number of hydrogen-bond donors (Lipinski definition) is 3. The predicted octanol–water partition coefficient (Wildman–Crippen LogP) is 0.771. The van der Waals surface area contributed by atoms with Gasteiger partial charge in [0.2, 0.25) is 11.8 Å². The Morgan fingerprint density at radius 3 is 2.90 bits per heavy atom. The molecule has 3 heterocycles. The minimum atomic E-state index is -1.19. The van der Waals surface area contributed by atoms with Gasteiger partial charge in [0.15, 0.2) is 0 Å². The van der Waals surface area contributed by atoms with Gasteiger partial charge in [-0.25, -0.2) is 4.39 Å². The van der Waals surface area contributed by atoms with Crippen molar-refractivity contribution in [1.29, 1.82) is 0 Å². The summed E-state index contributed by atoms with van der Waals surface area (Å²) in [6.07, 6.45) is 2.90. The Bertz CT molecular complexity index is 892. The zero-order chi connectivity index (χ0) is 20.2.